The van der Waals surface area contributed by atoms with Gasteiger partial charge in [0.1, 0.15) is 28.9 Å². The lowest BCUT2D eigenvalue weighted by atomic mass is 10.2. The average Bonchev–Trinajstić information content (AvgIpc) is 3.53. The van der Waals surface area contributed by atoms with Gasteiger partial charge in [0.05, 0.1) is 31.2 Å². The number of rotatable bonds is 12. The Bertz CT molecular complexity index is 1310. The number of aromatic nitrogens is 2. The Morgan fingerprint density at radius 2 is 1.65 bits per heavy atom. The molecule has 194 valence electrons. The standard InChI is InChI=1S/C29H33N3O4S/c1-5-6-15-30-29(33)25-16-27(32(20(25)2)17-21-7-9-22(34-3)10-8-21)26-19-37-28(31-26)18-36-24-13-11-23(35-4)12-14-24/h7-14,16,19H,5-6,15,17-18H2,1-4H3,(H,30,33). The normalized spacial score (nSPS) is 10.8. The summed E-state index contributed by atoms with van der Waals surface area (Å²) in [6.07, 6.45) is 1.98. The maximum atomic E-state index is 13.0. The van der Waals surface area contributed by atoms with Crippen molar-refractivity contribution in [1.29, 1.82) is 0 Å². The van der Waals surface area contributed by atoms with Gasteiger partial charge in [-0.2, -0.15) is 0 Å². The minimum atomic E-state index is -0.0565. The molecule has 8 heteroatoms. The number of thiazole rings is 1. The van der Waals surface area contributed by atoms with Gasteiger partial charge >= 0.3 is 0 Å². The van der Waals surface area contributed by atoms with E-state index in [9.17, 15) is 4.79 Å². The number of amides is 1. The maximum absolute atomic E-state index is 13.0. The second-order valence-electron chi connectivity index (χ2n) is 8.66. The van der Waals surface area contributed by atoms with E-state index in [4.69, 9.17) is 19.2 Å². The fraction of sp³-hybridized carbons (Fsp3) is 0.310. The van der Waals surface area contributed by atoms with E-state index >= 15 is 0 Å². The van der Waals surface area contributed by atoms with E-state index in [1.807, 2.05) is 66.9 Å². The highest BCUT2D eigenvalue weighted by molar-refractivity contribution is 7.09. The summed E-state index contributed by atoms with van der Waals surface area (Å²) in [5.74, 6) is 2.29. The molecular formula is C29H33N3O4S. The molecule has 2 aromatic carbocycles. The number of nitrogens with one attached hydrogen (secondary N) is 1. The molecule has 0 saturated carbocycles. The number of carbonyl (C=O) groups is 1. The molecule has 0 spiro atoms. The Labute approximate surface area is 222 Å². The number of hydrogen-bond donors (Lipinski definition) is 1. The third-order valence-corrected chi connectivity index (χ3v) is 6.99. The molecule has 0 saturated heterocycles. The van der Waals surface area contributed by atoms with E-state index < -0.39 is 0 Å². The summed E-state index contributed by atoms with van der Waals surface area (Å²) in [7, 11) is 3.30. The van der Waals surface area contributed by atoms with E-state index in [-0.39, 0.29) is 5.91 Å². The molecule has 0 atom stereocenters. The quantitative estimate of drug-likeness (QED) is 0.229. The van der Waals surface area contributed by atoms with Crippen molar-refractivity contribution in [2.24, 2.45) is 0 Å². The molecule has 0 bridgehead atoms. The van der Waals surface area contributed by atoms with Crippen LogP contribution in [0, 0.1) is 6.92 Å². The Morgan fingerprint density at radius 1 is 1.00 bits per heavy atom. The molecule has 37 heavy (non-hydrogen) atoms. The van der Waals surface area contributed by atoms with Crippen LogP contribution in [-0.2, 0) is 13.2 Å². The van der Waals surface area contributed by atoms with Crippen LogP contribution in [0.1, 0.15) is 46.4 Å². The Kier molecular flexibility index (Phi) is 8.85. The van der Waals surface area contributed by atoms with Gasteiger partial charge in [-0.3, -0.25) is 4.79 Å². The van der Waals surface area contributed by atoms with E-state index in [0.29, 0.717) is 25.3 Å². The molecule has 2 heterocycles. The first-order valence-electron chi connectivity index (χ1n) is 12.3. The Hall–Kier alpha value is -3.78. The van der Waals surface area contributed by atoms with Crippen molar-refractivity contribution in [3.8, 4) is 28.6 Å². The molecule has 4 aromatic rings. The van der Waals surface area contributed by atoms with Crippen molar-refractivity contribution >= 4 is 17.2 Å². The molecule has 0 aliphatic heterocycles. The molecule has 1 N–H and O–H groups in total. The lowest BCUT2D eigenvalue weighted by molar-refractivity contribution is 0.0952. The third kappa shape index (κ3) is 6.51. The summed E-state index contributed by atoms with van der Waals surface area (Å²) in [5, 5.41) is 5.92. The molecule has 4 rings (SSSR count). The lowest BCUT2D eigenvalue weighted by Crippen LogP contribution is -2.24. The van der Waals surface area contributed by atoms with E-state index in [0.717, 1.165) is 57.7 Å². The highest BCUT2D eigenvalue weighted by Crippen LogP contribution is 2.29. The van der Waals surface area contributed by atoms with Gasteiger partial charge in [-0.15, -0.1) is 11.3 Å². The largest absolute Gasteiger partial charge is 0.497 e. The van der Waals surface area contributed by atoms with Gasteiger partial charge in [0.2, 0.25) is 0 Å². The van der Waals surface area contributed by atoms with Crippen molar-refractivity contribution in [3.63, 3.8) is 0 Å². The first-order chi connectivity index (χ1) is 18.0. The molecule has 0 aliphatic carbocycles. The number of unbranched alkanes of at least 4 members (excludes halogenated alkanes) is 1. The van der Waals surface area contributed by atoms with Crippen LogP contribution >= 0.6 is 11.3 Å². The fourth-order valence-electron chi connectivity index (χ4n) is 3.99. The molecule has 0 fully saturated rings. The van der Waals surface area contributed by atoms with Crippen LogP contribution in [0.5, 0.6) is 17.2 Å². The summed E-state index contributed by atoms with van der Waals surface area (Å²) in [4.78, 5) is 17.8. The predicted octanol–water partition coefficient (Wildman–Crippen LogP) is 6.09. The summed E-state index contributed by atoms with van der Waals surface area (Å²) in [6.45, 7) is 5.74. The summed E-state index contributed by atoms with van der Waals surface area (Å²) in [5.41, 5.74) is 4.41. The molecule has 0 radical (unpaired) electrons. The first kappa shape index (κ1) is 26.3. The number of methoxy groups -OCH3 is 2. The van der Waals surface area contributed by atoms with Gasteiger partial charge < -0.3 is 24.1 Å². The van der Waals surface area contributed by atoms with Crippen LogP contribution in [0.4, 0.5) is 0 Å². The zero-order valence-corrected chi connectivity index (χ0v) is 22.6. The smallest absolute Gasteiger partial charge is 0.253 e. The van der Waals surface area contributed by atoms with Crippen LogP contribution in [0.2, 0.25) is 0 Å². The molecular weight excluding hydrogens is 486 g/mol. The zero-order valence-electron chi connectivity index (χ0n) is 21.7. The maximum Gasteiger partial charge on any atom is 0.253 e. The Balaban J connectivity index is 1.58. The van der Waals surface area contributed by atoms with Crippen LogP contribution < -0.4 is 19.5 Å². The van der Waals surface area contributed by atoms with Gasteiger partial charge in [0, 0.05) is 24.2 Å². The molecule has 1 amide bonds. The van der Waals surface area contributed by atoms with Gasteiger partial charge in [-0.1, -0.05) is 25.5 Å². The van der Waals surface area contributed by atoms with Crippen molar-refractivity contribution in [2.45, 2.75) is 39.8 Å². The van der Waals surface area contributed by atoms with Crippen molar-refractivity contribution < 1.29 is 19.0 Å². The van der Waals surface area contributed by atoms with Crippen LogP contribution in [0.3, 0.4) is 0 Å². The summed E-state index contributed by atoms with van der Waals surface area (Å²) < 4.78 is 18.6. The number of hydrogen-bond acceptors (Lipinski definition) is 6. The van der Waals surface area contributed by atoms with Gasteiger partial charge in [0.25, 0.3) is 5.91 Å². The van der Waals surface area contributed by atoms with E-state index in [2.05, 4.69) is 16.8 Å². The van der Waals surface area contributed by atoms with Gasteiger partial charge in [-0.05, 0) is 61.4 Å². The van der Waals surface area contributed by atoms with E-state index in [1.54, 1.807) is 25.6 Å². The predicted molar refractivity (Wildman–Crippen MR) is 147 cm³/mol. The summed E-state index contributed by atoms with van der Waals surface area (Å²) >= 11 is 1.54. The highest BCUT2D eigenvalue weighted by Gasteiger charge is 2.20. The van der Waals surface area contributed by atoms with Crippen molar-refractivity contribution in [1.82, 2.24) is 14.9 Å². The zero-order chi connectivity index (χ0) is 26.2. The topological polar surface area (TPSA) is 74.6 Å². The number of benzene rings is 2. The number of ether oxygens (including phenoxy) is 3. The van der Waals surface area contributed by atoms with Crippen LogP contribution in [0.25, 0.3) is 11.4 Å². The fourth-order valence-corrected chi connectivity index (χ4v) is 4.69. The second kappa shape index (κ2) is 12.5. The van der Waals surface area contributed by atoms with E-state index in [1.165, 1.54) is 0 Å². The van der Waals surface area contributed by atoms with Gasteiger partial charge in [-0.25, -0.2) is 4.98 Å². The number of carbonyl (C=O) groups excluding carboxylic acids is 1. The molecule has 2 aromatic heterocycles. The highest BCUT2D eigenvalue weighted by atomic mass is 32.1. The molecule has 7 nitrogen and oxygen atoms in total. The monoisotopic (exact) mass is 519 g/mol. The van der Waals surface area contributed by atoms with Crippen LogP contribution in [-0.4, -0.2) is 36.2 Å². The van der Waals surface area contributed by atoms with Gasteiger partial charge in [0.15, 0.2) is 0 Å². The minimum Gasteiger partial charge on any atom is -0.497 e. The number of nitrogens with zero attached hydrogens (tertiary/aromatic N) is 2. The minimum absolute atomic E-state index is 0.0565. The molecule has 0 unspecified atom stereocenters. The lowest BCUT2D eigenvalue weighted by Gasteiger charge is -2.12. The van der Waals surface area contributed by atoms with Crippen molar-refractivity contribution in [2.75, 3.05) is 20.8 Å². The molecule has 0 aliphatic rings. The first-order valence-corrected chi connectivity index (χ1v) is 13.2. The third-order valence-electron chi connectivity index (χ3n) is 6.16. The summed E-state index contributed by atoms with van der Waals surface area (Å²) in [6, 6.07) is 17.4. The van der Waals surface area contributed by atoms with Crippen molar-refractivity contribution in [3.05, 3.63) is 81.8 Å². The average molecular weight is 520 g/mol. The second-order valence-corrected chi connectivity index (χ2v) is 9.61. The Morgan fingerprint density at radius 3 is 2.30 bits per heavy atom. The SMILES string of the molecule is CCCCNC(=O)c1cc(-c2csc(COc3ccc(OC)cc3)n2)n(Cc2ccc(OC)cc2)c1C. The van der Waals surface area contributed by atoms with Crippen LogP contribution in [0.15, 0.2) is 60.0 Å².